The van der Waals surface area contributed by atoms with Crippen LogP contribution in [-0.4, -0.2) is 76.6 Å². The Balaban J connectivity index is 0.00000300. The van der Waals surface area contributed by atoms with Gasteiger partial charge in [-0.1, -0.05) is 12.1 Å². The second-order valence-corrected chi connectivity index (χ2v) is 7.17. The fourth-order valence-corrected chi connectivity index (χ4v) is 3.68. The van der Waals surface area contributed by atoms with Gasteiger partial charge in [0.15, 0.2) is 5.96 Å². The summed E-state index contributed by atoms with van der Waals surface area (Å²) in [5.74, 6) is 1.73. The van der Waals surface area contributed by atoms with Gasteiger partial charge in [-0.2, -0.15) is 0 Å². The first-order valence-electron chi connectivity index (χ1n) is 10.4. The fraction of sp³-hybridized carbons (Fsp3) is 0.667. The lowest BCUT2D eigenvalue weighted by atomic mass is 10.0. The third-order valence-corrected chi connectivity index (χ3v) is 5.27. The highest BCUT2D eigenvalue weighted by atomic mass is 127. The van der Waals surface area contributed by atoms with Crippen molar-refractivity contribution in [3.8, 4) is 5.75 Å². The molecule has 0 spiro atoms. The van der Waals surface area contributed by atoms with E-state index >= 15 is 0 Å². The number of nitrogens with zero attached hydrogens (tertiary/aromatic N) is 2. The number of ether oxygens (including phenoxy) is 3. The maximum atomic E-state index is 5.71. The Morgan fingerprint density at radius 2 is 1.97 bits per heavy atom. The van der Waals surface area contributed by atoms with Gasteiger partial charge in [0.2, 0.25) is 0 Å². The largest absolute Gasteiger partial charge is 0.497 e. The highest BCUT2D eigenvalue weighted by Crippen LogP contribution is 2.24. The number of hydrogen-bond acceptors (Lipinski definition) is 5. The van der Waals surface area contributed by atoms with Gasteiger partial charge in [0.1, 0.15) is 5.75 Å². The molecule has 2 atom stereocenters. The number of aliphatic imine (C=N–C) groups is 1. The van der Waals surface area contributed by atoms with Crippen LogP contribution < -0.4 is 15.4 Å². The van der Waals surface area contributed by atoms with Crippen molar-refractivity contribution in [1.82, 2.24) is 15.5 Å². The van der Waals surface area contributed by atoms with Gasteiger partial charge >= 0.3 is 0 Å². The molecule has 29 heavy (non-hydrogen) atoms. The van der Waals surface area contributed by atoms with Crippen LogP contribution in [0.1, 0.15) is 31.4 Å². The number of methoxy groups -OCH3 is 1. The normalized spacial score (nSPS) is 21.3. The molecular formula is C21H35IN4O3. The summed E-state index contributed by atoms with van der Waals surface area (Å²) in [6.07, 6.45) is 2.56. The maximum absolute atomic E-state index is 5.71. The van der Waals surface area contributed by atoms with Crippen molar-refractivity contribution < 1.29 is 14.2 Å². The molecule has 3 rings (SSSR count). The number of hydrogen-bond donors (Lipinski definition) is 2. The standard InChI is InChI=1S/C21H34N4O3.HI/c1-3-22-21(23-15-19-5-4-12-28-19)24-16-20(25-10-13-27-14-11-25)17-6-8-18(26-2)9-7-17;/h6-9,19-20H,3-5,10-16H2,1-2H3,(H2,22,23,24);1H. The summed E-state index contributed by atoms with van der Waals surface area (Å²) in [4.78, 5) is 7.35. The van der Waals surface area contributed by atoms with Crippen molar-refractivity contribution in [2.24, 2.45) is 4.99 Å². The third kappa shape index (κ3) is 7.58. The number of benzene rings is 1. The molecule has 2 aliphatic rings. The number of morpholine rings is 1. The van der Waals surface area contributed by atoms with Crippen LogP contribution >= 0.6 is 24.0 Å². The molecule has 2 fully saturated rings. The first-order valence-corrected chi connectivity index (χ1v) is 10.4. The van der Waals surface area contributed by atoms with Gasteiger partial charge < -0.3 is 24.8 Å². The van der Waals surface area contributed by atoms with E-state index < -0.39 is 0 Å². The van der Waals surface area contributed by atoms with Gasteiger partial charge in [-0.05, 0) is 37.5 Å². The minimum absolute atomic E-state index is 0. The quantitative estimate of drug-likeness (QED) is 0.313. The number of rotatable bonds is 8. The smallest absolute Gasteiger partial charge is 0.191 e. The molecule has 8 heteroatoms. The van der Waals surface area contributed by atoms with Crippen molar-refractivity contribution >= 4 is 29.9 Å². The number of halogens is 1. The lowest BCUT2D eigenvalue weighted by Gasteiger charge is -2.34. The van der Waals surface area contributed by atoms with E-state index in [4.69, 9.17) is 19.2 Å². The highest BCUT2D eigenvalue weighted by Gasteiger charge is 2.23. The summed E-state index contributed by atoms with van der Waals surface area (Å²) in [6.45, 7) is 8.67. The van der Waals surface area contributed by atoms with Gasteiger partial charge in [-0.3, -0.25) is 9.89 Å². The monoisotopic (exact) mass is 518 g/mol. The average Bonchev–Trinajstić information content (AvgIpc) is 3.27. The zero-order chi connectivity index (χ0) is 19.6. The lowest BCUT2D eigenvalue weighted by molar-refractivity contribution is 0.0179. The second-order valence-electron chi connectivity index (χ2n) is 7.17. The predicted molar refractivity (Wildman–Crippen MR) is 126 cm³/mol. The molecule has 1 aromatic rings. The SMILES string of the molecule is CCNC(=NCC(c1ccc(OC)cc1)N1CCOCC1)NCC1CCCO1.I. The number of guanidine groups is 1. The van der Waals surface area contributed by atoms with Crippen LogP contribution in [0, 0.1) is 0 Å². The summed E-state index contributed by atoms with van der Waals surface area (Å²) in [6, 6.07) is 8.54. The summed E-state index contributed by atoms with van der Waals surface area (Å²) >= 11 is 0. The molecule has 2 heterocycles. The van der Waals surface area contributed by atoms with Crippen LogP contribution in [0.2, 0.25) is 0 Å². The first kappa shape index (κ1) is 24.2. The van der Waals surface area contributed by atoms with Crippen LogP contribution in [-0.2, 0) is 9.47 Å². The van der Waals surface area contributed by atoms with Crippen molar-refractivity contribution in [1.29, 1.82) is 0 Å². The lowest BCUT2D eigenvalue weighted by Crippen LogP contribution is -2.43. The summed E-state index contributed by atoms with van der Waals surface area (Å²) in [5.41, 5.74) is 1.25. The fourth-order valence-electron chi connectivity index (χ4n) is 3.68. The van der Waals surface area contributed by atoms with Gasteiger partial charge in [0, 0.05) is 32.8 Å². The molecule has 0 bridgehead atoms. The van der Waals surface area contributed by atoms with E-state index in [0.717, 1.165) is 70.6 Å². The Morgan fingerprint density at radius 3 is 2.59 bits per heavy atom. The molecule has 0 saturated carbocycles. The maximum Gasteiger partial charge on any atom is 0.191 e. The Kier molecular flexibility index (Phi) is 11.0. The van der Waals surface area contributed by atoms with Crippen molar-refractivity contribution in [3.63, 3.8) is 0 Å². The van der Waals surface area contributed by atoms with E-state index in [1.165, 1.54) is 5.56 Å². The van der Waals surface area contributed by atoms with Gasteiger partial charge in [-0.25, -0.2) is 0 Å². The Labute approximate surface area is 191 Å². The van der Waals surface area contributed by atoms with Gasteiger partial charge in [0.25, 0.3) is 0 Å². The molecule has 164 valence electrons. The minimum atomic E-state index is 0. The molecular weight excluding hydrogens is 483 g/mol. The van der Waals surface area contributed by atoms with E-state index in [9.17, 15) is 0 Å². The van der Waals surface area contributed by atoms with E-state index in [0.29, 0.717) is 12.6 Å². The average molecular weight is 518 g/mol. The van der Waals surface area contributed by atoms with E-state index in [1.807, 2.05) is 12.1 Å². The molecule has 7 nitrogen and oxygen atoms in total. The van der Waals surface area contributed by atoms with Crippen LogP contribution in [0.5, 0.6) is 5.75 Å². The Morgan fingerprint density at radius 1 is 1.21 bits per heavy atom. The van der Waals surface area contributed by atoms with Crippen molar-refractivity contribution in [2.75, 3.05) is 59.7 Å². The molecule has 0 radical (unpaired) electrons. The molecule has 2 saturated heterocycles. The molecule has 2 unspecified atom stereocenters. The van der Waals surface area contributed by atoms with Crippen LogP contribution in [0.25, 0.3) is 0 Å². The molecule has 0 aliphatic carbocycles. The summed E-state index contributed by atoms with van der Waals surface area (Å²) in [7, 11) is 1.70. The van der Waals surface area contributed by atoms with E-state index in [2.05, 4.69) is 34.6 Å². The van der Waals surface area contributed by atoms with E-state index in [1.54, 1.807) is 7.11 Å². The minimum Gasteiger partial charge on any atom is -0.497 e. The highest BCUT2D eigenvalue weighted by molar-refractivity contribution is 14.0. The van der Waals surface area contributed by atoms with Crippen molar-refractivity contribution in [2.45, 2.75) is 31.9 Å². The van der Waals surface area contributed by atoms with Crippen molar-refractivity contribution in [3.05, 3.63) is 29.8 Å². The summed E-state index contributed by atoms with van der Waals surface area (Å²) in [5, 5.41) is 6.80. The third-order valence-electron chi connectivity index (χ3n) is 5.27. The van der Waals surface area contributed by atoms with Crippen LogP contribution in [0.4, 0.5) is 0 Å². The predicted octanol–water partition coefficient (Wildman–Crippen LogP) is 2.42. The second kappa shape index (κ2) is 13.3. The molecule has 1 aromatic carbocycles. The van der Waals surface area contributed by atoms with E-state index in [-0.39, 0.29) is 30.0 Å². The summed E-state index contributed by atoms with van der Waals surface area (Å²) < 4.78 is 16.6. The zero-order valence-electron chi connectivity index (χ0n) is 17.6. The first-order chi connectivity index (χ1) is 13.8. The van der Waals surface area contributed by atoms with Crippen LogP contribution in [0.15, 0.2) is 29.3 Å². The topological polar surface area (TPSA) is 67.4 Å². The molecule has 2 N–H and O–H groups in total. The molecule has 0 amide bonds. The van der Waals surface area contributed by atoms with Crippen LogP contribution in [0.3, 0.4) is 0 Å². The van der Waals surface area contributed by atoms with Gasteiger partial charge in [-0.15, -0.1) is 24.0 Å². The molecule has 2 aliphatic heterocycles. The van der Waals surface area contributed by atoms with Gasteiger partial charge in [0.05, 0.1) is 39.0 Å². The molecule has 0 aromatic heterocycles. The number of nitrogens with one attached hydrogen (secondary N) is 2. The zero-order valence-corrected chi connectivity index (χ0v) is 19.9. The Bertz CT molecular complexity index is 602. The Hall–Kier alpha value is -1.10.